The van der Waals surface area contributed by atoms with Gasteiger partial charge in [-0.05, 0) is 13.0 Å². The maximum Gasteiger partial charge on any atom is 0.231 e. The van der Waals surface area contributed by atoms with Crippen LogP contribution in [0.1, 0.15) is 13.3 Å². The number of rotatable bonds is 3. The maximum absolute atomic E-state index is 12.4. The third-order valence-corrected chi connectivity index (χ3v) is 3.92. The quantitative estimate of drug-likeness (QED) is 0.791. The normalized spacial score (nSPS) is 27.8. The van der Waals surface area contributed by atoms with E-state index in [-0.39, 0.29) is 11.8 Å². The van der Waals surface area contributed by atoms with Gasteiger partial charge < -0.3 is 9.80 Å². The SMILES string of the molecule is CCCN1C[C@@H]2CN(c3cncnc3)C(=O)[C@@H]2C1. The first kappa shape index (κ1) is 11.6. The molecule has 2 fully saturated rings. The first-order valence-electron chi connectivity index (χ1n) is 6.58. The van der Waals surface area contributed by atoms with E-state index in [0.29, 0.717) is 5.92 Å². The number of fused-ring (bicyclic) bond motifs is 1. The van der Waals surface area contributed by atoms with Crippen molar-refractivity contribution in [2.24, 2.45) is 11.8 Å². The molecule has 0 unspecified atom stereocenters. The van der Waals surface area contributed by atoms with Crippen molar-refractivity contribution in [2.75, 3.05) is 31.1 Å². The monoisotopic (exact) mass is 246 g/mol. The number of carbonyl (C=O) groups excluding carboxylic acids is 1. The summed E-state index contributed by atoms with van der Waals surface area (Å²) >= 11 is 0. The lowest BCUT2D eigenvalue weighted by Crippen LogP contribution is -2.33. The Kier molecular flexibility index (Phi) is 2.99. The summed E-state index contributed by atoms with van der Waals surface area (Å²) in [7, 11) is 0. The molecular formula is C13H18N4O. The zero-order valence-electron chi connectivity index (χ0n) is 10.6. The second-order valence-corrected chi connectivity index (χ2v) is 5.17. The summed E-state index contributed by atoms with van der Waals surface area (Å²) < 4.78 is 0. The van der Waals surface area contributed by atoms with E-state index >= 15 is 0 Å². The van der Waals surface area contributed by atoms with Gasteiger partial charge >= 0.3 is 0 Å². The lowest BCUT2D eigenvalue weighted by molar-refractivity contribution is -0.120. The highest BCUT2D eigenvalue weighted by Gasteiger charge is 2.46. The fraction of sp³-hybridized carbons (Fsp3) is 0.615. The number of hydrogen-bond donors (Lipinski definition) is 0. The van der Waals surface area contributed by atoms with Crippen LogP contribution in [-0.4, -0.2) is 47.0 Å². The van der Waals surface area contributed by atoms with Crippen LogP contribution in [0.2, 0.25) is 0 Å². The molecule has 0 spiro atoms. The Morgan fingerprint density at radius 1 is 1.28 bits per heavy atom. The molecule has 5 heteroatoms. The Morgan fingerprint density at radius 3 is 2.72 bits per heavy atom. The number of likely N-dealkylation sites (tertiary alicyclic amines) is 1. The van der Waals surface area contributed by atoms with Crippen LogP contribution in [0.5, 0.6) is 0 Å². The molecule has 1 aromatic rings. The molecule has 1 amide bonds. The number of nitrogens with zero attached hydrogens (tertiary/aromatic N) is 4. The molecule has 3 heterocycles. The molecule has 2 aliphatic heterocycles. The van der Waals surface area contributed by atoms with Crippen molar-refractivity contribution in [1.82, 2.24) is 14.9 Å². The standard InChI is InChI=1S/C13H18N4O/c1-2-3-16-6-10-7-17(13(18)12(10)8-16)11-4-14-9-15-5-11/h4-5,9-10,12H,2-3,6-8H2,1H3/t10-,12-/m1/s1. The molecule has 5 nitrogen and oxygen atoms in total. The number of anilines is 1. The van der Waals surface area contributed by atoms with E-state index in [0.717, 1.165) is 38.3 Å². The number of hydrogen-bond acceptors (Lipinski definition) is 4. The van der Waals surface area contributed by atoms with Gasteiger partial charge in [0.15, 0.2) is 0 Å². The Balaban J connectivity index is 1.73. The summed E-state index contributed by atoms with van der Waals surface area (Å²) in [6.45, 7) is 6.07. The van der Waals surface area contributed by atoms with Crippen LogP contribution in [0.25, 0.3) is 0 Å². The predicted molar refractivity (Wildman–Crippen MR) is 68.1 cm³/mol. The Hall–Kier alpha value is -1.49. The summed E-state index contributed by atoms with van der Waals surface area (Å²) in [5.41, 5.74) is 0.832. The molecule has 3 rings (SSSR count). The fourth-order valence-corrected chi connectivity index (χ4v) is 3.11. The number of carbonyl (C=O) groups is 1. The van der Waals surface area contributed by atoms with Crippen molar-refractivity contribution in [3.8, 4) is 0 Å². The van der Waals surface area contributed by atoms with Crippen LogP contribution in [-0.2, 0) is 4.79 Å². The van der Waals surface area contributed by atoms with Crippen LogP contribution >= 0.6 is 0 Å². The minimum atomic E-state index is 0.178. The van der Waals surface area contributed by atoms with Crippen molar-refractivity contribution < 1.29 is 4.79 Å². The molecule has 18 heavy (non-hydrogen) atoms. The second-order valence-electron chi connectivity index (χ2n) is 5.17. The van der Waals surface area contributed by atoms with E-state index in [1.54, 1.807) is 12.4 Å². The van der Waals surface area contributed by atoms with Crippen molar-refractivity contribution in [2.45, 2.75) is 13.3 Å². The topological polar surface area (TPSA) is 49.3 Å². The minimum Gasteiger partial charge on any atom is -0.309 e. The highest BCUT2D eigenvalue weighted by Crippen LogP contribution is 2.34. The Bertz CT molecular complexity index is 436. The fourth-order valence-electron chi connectivity index (χ4n) is 3.11. The van der Waals surface area contributed by atoms with Gasteiger partial charge in [0.25, 0.3) is 0 Å². The molecule has 2 aliphatic rings. The highest BCUT2D eigenvalue weighted by molar-refractivity contribution is 5.97. The molecule has 0 radical (unpaired) electrons. The van der Waals surface area contributed by atoms with Crippen molar-refractivity contribution in [3.05, 3.63) is 18.7 Å². The summed E-state index contributed by atoms with van der Waals surface area (Å²) in [6, 6.07) is 0. The third kappa shape index (κ3) is 1.88. The van der Waals surface area contributed by atoms with Gasteiger partial charge in [0.05, 0.1) is 24.0 Å². The Morgan fingerprint density at radius 2 is 2.06 bits per heavy atom. The summed E-state index contributed by atoms with van der Waals surface area (Å²) in [5.74, 6) is 0.898. The number of aromatic nitrogens is 2. The highest BCUT2D eigenvalue weighted by atomic mass is 16.2. The van der Waals surface area contributed by atoms with Crippen LogP contribution in [0.3, 0.4) is 0 Å². The van der Waals surface area contributed by atoms with Gasteiger partial charge in [0.2, 0.25) is 5.91 Å². The zero-order valence-corrected chi connectivity index (χ0v) is 10.6. The Labute approximate surface area is 107 Å². The molecule has 2 atom stereocenters. The predicted octanol–water partition coefficient (Wildman–Crippen LogP) is 0.781. The van der Waals surface area contributed by atoms with Crippen molar-refractivity contribution >= 4 is 11.6 Å². The van der Waals surface area contributed by atoms with E-state index in [2.05, 4.69) is 21.8 Å². The summed E-state index contributed by atoms with van der Waals surface area (Å²) in [4.78, 5) is 24.6. The number of amides is 1. The van der Waals surface area contributed by atoms with Gasteiger partial charge in [-0.2, -0.15) is 0 Å². The van der Waals surface area contributed by atoms with Crippen LogP contribution in [0, 0.1) is 11.8 Å². The first-order valence-corrected chi connectivity index (χ1v) is 6.58. The summed E-state index contributed by atoms with van der Waals surface area (Å²) in [5, 5.41) is 0. The van der Waals surface area contributed by atoms with Gasteiger partial charge in [-0.3, -0.25) is 4.79 Å². The third-order valence-electron chi connectivity index (χ3n) is 3.92. The zero-order chi connectivity index (χ0) is 12.5. The smallest absolute Gasteiger partial charge is 0.231 e. The van der Waals surface area contributed by atoms with Crippen LogP contribution in [0.4, 0.5) is 5.69 Å². The minimum absolute atomic E-state index is 0.178. The maximum atomic E-state index is 12.4. The molecular weight excluding hydrogens is 228 g/mol. The van der Waals surface area contributed by atoms with Gasteiger partial charge in [-0.1, -0.05) is 6.92 Å². The first-order chi connectivity index (χ1) is 8.79. The largest absolute Gasteiger partial charge is 0.309 e. The van der Waals surface area contributed by atoms with E-state index in [1.807, 2.05) is 4.90 Å². The molecule has 0 saturated carbocycles. The molecule has 0 bridgehead atoms. The van der Waals surface area contributed by atoms with Crippen molar-refractivity contribution in [1.29, 1.82) is 0 Å². The van der Waals surface area contributed by atoms with E-state index in [4.69, 9.17) is 0 Å². The molecule has 0 N–H and O–H groups in total. The van der Waals surface area contributed by atoms with E-state index < -0.39 is 0 Å². The van der Waals surface area contributed by atoms with Gasteiger partial charge in [0, 0.05) is 25.6 Å². The van der Waals surface area contributed by atoms with Crippen molar-refractivity contribution in [3.63, 3.8) is 0 Å². The lowest BCUT2D eigenvalue weighted by atomic mass is 10.0. The molecule has 0 aromatic carbocycles. The lowest BCUT2D eigenvalue weighted by Gasteiger charge is -2.20. The average molecular weight is 246 g/mol. The average Bonchev–Trinajstić information content (AvgIpc) is 2.91. The molecule has 0 aliphatic carbocycles. The van der Waals surface area contributed by atoms with Gasteiger partial charge in [-0.15, -0.1) is 0 Å². The van der Waals surface area contributed by atoms with Gasteiger partial charge in [-0.25, -0.2) is 9.97 Å². The van der Waals surface area contributed by atoms with E-state index in [9.17, 15) is 4.79 Å². The molecule has 96 valence electrons. The van der Waals surface area contributed by atoms with Crippen LogP contribution in [0.15, 0.2) is 18.7 Å². The van der Waals surface area contributed by atoms with Gasteiger partial charge in [0.1, 0.15) is 6.33 Å². The second kappa shape index (κ2) is 4.65. The van der Waals surface area contributed by atoms with Crippen LogP contribution < -0.4 is 4.90 Å². The molecule has 2 saturated heterocycles. The van der Waals surface area contributed by atoms with E-state index in [1.165, 1.54) is 6.33 Å². The summed E-state index contributed by atoms with van der Waals surface area (Å²) in [6.07, 6.45) is 6.09. The molecule has 1 aromatic heterocycles.